The maximum atomic E-state index is 12.4. The average Bonchev–Trinajstić information content (AvgIpc) is 2.20. The van der Waals surface area contributed by atoms with Crippen LogP contribution in [0.15, 0.2) is 12.1 Å². The number of alkyl halides is 7. The highest BCUT2D eigenvalue weighted by molar-refractivity contribution is 5.50. The van der Waals surface area contributed by atoms with Crippen LogP contribution in [0, 0.1) is 6.92 Å². The predicted octanol–water partition coefficient (Wildman–Crippen LogP) is 4.09. The summed E-state index contributed by atoms with van der Waals surface area (Å²) in [6, 6.07) is 0.458. The van der Waals surface area contributed by atoms with Crippen LogP contribution in [-0.4, -0.2) is 13.2 Å². The molecule has 0 aromatic heterocycles. The second-order valence-corrected chi connectivity index (χ2v) is 3.21. The van der Waals surface area contributed by atoms with Crippen molar-refractivity contribution < 1.29 is 40.2 Å². The maximum absolute atomic E-state index is 12.4. The summed E-state index contributed by atoms with van der Waals surface area (Å²) in [5.41, 5.74) is -2.10. The maximum Gasteiger partial charge on any atom is 0.416 e. The minimum absolute atomic E-state index is 0.229. The fourth-order valence-corrected chi connectivity index (χ4v) is 1.19. The van der Waals surface area contributed by atoms with Gasteiger partial charge in [0.05, 0.1) is 5.56 Å². The van der Waals surface area contributed by atoms with Gasteiger partial charge >= 0.3 is 19.4 Å². The number of ether oxygens (including phenoxy) is 2. The first kappa shape index (κ1) is 15.4. The quantitative estimate of drug-likeness (QED) is 0.778. The summed E-state index contributed by atoms with van der Waals surface area (Å²) < 4.78 is 92.9. The third-order valence-electron chi connectivity index (χ3n) is 1.93. The molecule has 0 amide bonds. The second-order valence-electron chi connectivity index (χ2n) is 3.21. The summed E-state index contributed by atoms with van der Waals surface area (Å²) in [7, 11) is 0. The van der Waals surface area contributed by atoms with Gasteiger partial charge in [0.1, 0.15) is 11.5 Å². The van der Waals surface area contributed by atoms with Crippen LogP contribution in [0.1, 0.15) is 11.1 Å². The van der Waals surface area contributed by atoms with Crippen LogP contribution in [0.2, 0.25) is 0 Å². The largest absolute Gasteiger partial charge is 0.434 e. The van der Waals surface area contributed by atoms with Crippen LogP contribution in [0.4, 0.5) is 30.7 Å². The standard InChI is InChI=1S/C10H6F7O2/c1-4-6(18-8(11)12)2-5(10(15,16)17)3-7(4)19-9(13)14/h2-3,8-9H,1H2. The molecule has 0 N–H and O–H groups in total. The van der Waals surface area contributed by atoms with E-state index in [1.807, 2.05) is 0 Å². The molecule has 0 bridgehead atoms. The molecule has 0 heterocycles. The van der Waals surface area contributed by atoms with Crippen molar-refractivity contribution in [2.45, 2.75) is 19.4 Å². The lowest BCUT2D eigenvalue weighted by Crippen LogP contribution is -2.11. The lowest BCUT2D eigenvalue weighted by atomic mass is 10.1. The summed E-state index contributed by atoms with van der Waals surface area (Å²) in [4.78, 5) is 0. The monoisotopic (exact) mass is 291 g/mol. The summed E-state index contributed by atoms with van der Waals surface area (Å²) in [5, 5.41) is 0. The number of hydrogen-bond donors (Lipinski definition) is 0. The first-order chi connectivity index (χ1) is 8.61. The van der Waals surface area contributed by atoms with Crippen molar-refractivity contribution in [3.05, 3.63) is 30.2 Å². The number of hydrogen-bond acceptors (Lipinski definition) is 2. The normalized spacial score (nSPS) is 12.1. The highest BCUT2D eigenvalue weighted by Crippen LogP contribution is 2.38. The van der Waals surface area contributed by atoms with Crippen molar-refractivity contribution in [3.8, 4) is 11.5 Å². The Kier molecular flexibility index (Phi) is 4.48. The molecule has 107 valence electrons. The van der Waals surface area contributed by atoms with E-state index in [4.69, 9.17) is 0 Å². The van der Waals surface area contributed by atoms with Gasteiger partial charge in [0.15, 0.2) is 0 Å². The van der Waals surface area contributed by atoms with Gasteiger partial charge in [-0.3, -0.25) is 0 Å². The van der Waals surface area contributed by atoms with Gasteiger partial charge in [-0.15, -0.1) is 0 Å². The minimum Gasteiger partial charge on any atom is -0.434 e. The van der Waals surface area contributed by atoms with Gasteiger partial charge in [-0.1, -0.05) is 0 Å². The molecule has 0 aliphatic heterocycles. The molecular formula is C10H6F7O2. The Morgan fingerprint density at radius 2 is 1.26 bits per heavy atom. The van der Waals surface area contributed by atoms with Crippen molar-refractivity contribution in [2.75, 3.05) is 0 Å². The first-order valence-corrected chi connectivity index (χ1v) is 4.58. The van der Waals surface area contributed by atoms with Gasteiger partial charge in [0.2, 0.25) is 0 Å². The molecule has 9 heteroatoms. The molecule has 0 unspecified atom stereocenters. The molecule has 0 fully saturated rings. The number of rotatable bonds is 4. The molecule has 1 aromatic rings. The van der Waals surface area contributed by atoms with Gasteiger partial charge < -0.3 is 9.47 Å². The molecule has 2 nitrogen and oxygen atoms in total. The summed E-state index contributed by atoms with van der Waals surface area (Å²) in [6.07, 6.45) is -4.94. The molecule has 0 aliphatic carbocycles. The zero-order valence-corrected chi connectivity index (χ0v) is 8.98. The third-order valence-corrected chi connectivity index (χ3v) is 1.93. The van der Waals surface area contributed by atoms with Crippen LogP contribution in [0.5, 0.6) is 11.5 Å². The van der Waals surface area contributed by atoms with Crippen LogP contribution in [0.25, 0.3) is 0 Å². The van der Waals surface area contributed by atoms with E-state index in [0.717, 1.165) is 0 Å². The van der Waals surface area contributed by atoms with E-state index in [2.05, 4.69) is 16.4 Å². The van der Waals surface area contributed by atoms with Gasteiger partial charge in [0.25, 0.3) is 0 Å². The van der Waals surface area contributed by atoms with Crippen molar-refractivity contribution in [1.29, 1.82) is 0 Å². The molecule has 0 spiro atoms. The topological polar surface area (TPSA) is 18.5 Å². The number of halogens is 7. The van der Waals surface area contributed by atoms with Gasteiger partial charge in [-0.25, -0.2) is 0 Å². The Labute approximate surface area is 102 Å². The Bertz CT molecular complexity index is 411. The summed E-state index contributed by atoms with van der Waals surface area (Å²) in [6.45, 7) is -3.79. The molecule has 0 aliphatic rings. The molecule has 0 saturated heterocycles. The first-order valence-electron chi connectivity index (χ1n) is 4.58. The Hall–Kier alpha value is -1.67. The van der Waals surface area contributed by atoms with Gasteiger partial charge in [-0.05, 0) is 19.1 Å². The average molecular weight is 291 g/mol. The molecule has 1 aromatic carbocycles. The van der Waals surface area contributed by atoms with Crippen molar-refractivity contribution in [1.82, 2.24) is 0 Å². The van der Waals surface area contributed by atoms with E-state index < -0.39 is 42.0 Å². The van der Waals surface area contributed by atoms with E-state index in [0.29, 0.717) is 0 Å². The fourth-order valence-electron chi connectivity index (χ4n) is 1.19. The predicted molar refractivity (Wildman–Crippen MR) is 49.2 cm³/mol. The molecule has 0 atom stereocenters. The smallest absolute Gasteiger partial charge is 0.416 e. The molecular weight excluding hydrogens is 285 g/mol. The Morgan fingerprint density at radius 3 is 1.53 bits per heavy atom. The Morgan fingerprint density at radius 1 is 0.895 bits per heavy atom. The van der Waals surface area contributed by atoms with E-state index in [-0.39, 0.29) is 12.1 Å². The highest BCUT2D eigenvalue weighted by atomic mass is 19.4. The number of benzene rings is 1. The van der Waals surface area contributed by atoms with Crippen molar-refractivity contribution in [2.24, 2.45) is 0 Å². The minimum atomic E-state index is -4.94. The van der Waals surface area contributed by atoms with Crippen molar-refractivity contribution >= 4 is 0 Å². The van der Waals surface area contributed by atoms with E-state index >= 15 is 0 Å². The zero-order valence-electron chi connectivity index (χ0n) is 8.98. The highest BCUT2D eigenvalue weighted by Gasteiger charge is 2.33. The fraction of sp³-hybridized carbons (Fsp3) is 0.300. The van der Waals surface area contributed by atoms with Gasteiger partial charge in [-0.2, -0.15) is 30.7 Å². The van der Waals surface area contributed by atoms with Crippen LogP contribution in [-0.2, 0) is 6.18 Å². The molecule has 1 rings (SSSR count). The van der Waals surface area contributed by atoms with Crippen molar-refractivity contribution in [3.63, 3.8) is 0 Å². The summed E-state index contributed by atoms with van der Waals surface area (Å²) >= 11 is 0. The zero-order chi connectivity index (χ0) is 14.8. The lowest BCUT2D eigenvalue weighted by Gasteiger charge is -2.16. The third kappa shape index (κ3) is 4.18. The second kappa shape index (κ2) is 5.54. The molecule has 0 saturated carbocycles. The SMILES string of the molecule is [CH2]c1c(OC(F)F)cc(C(F)(F)F)cc1OC(F)F. The van der Waals surface area contributed by atoms with Crippen LogP contribution in [0.3, 0.4) is 0 Å². The van der Waals surface area contributed by atoms with E-state index in [9.17, 15) is 30.7 Å². The Balaban J connectivity index is 3.29. The van der Waals surface area contributed by atoms with Crippen LogP contribution < -0.4 is 9.47 Å². The summed E-state index contributed by atoms with van der Waals surface area (Å²) in [5.74, 6) is -1.97. The van der Waals surface area contributed by atoms with E-state index in [1.54, 1.807) is 0 Å². The molecule has 19 heavy (non-hydrogen) atoms. The molecule has 1 radical (unpaired) electrons. The lowest BCUT2D eigenvalue weighted by molar-refractivity contribution is -0.138. The van der Waals surface area contributed by atoms with Gasteiger partial charge in [0, 0.05) is 5.56 Å². The van der Waals surface area contributed by atoms with E-state index in [1.165, 1.54) is 0 Å². The van der Waals surface area contributed by atoms with Crippen LogP contribution >= 0.6 is 0 Å².